The van der Waals surface area contributed by atoms with Gasteiger partial charge in [0.15, 0.2) is 11.5 Å². The smallest absolute Gasteiger partial charge is 0.357 e. The second kappa shape index (κ2) is 4.91. The number of anilines is 1. The molecule has 2 aromatic rings. The van der Waals surface area contributed by atoms with Crippen LogP contribution >= 0.6 is 11.3 Å². The van der Waals surface area contributed by atoms with Crippen molar-refractivity contribution in [1.82, 2.24) is 15.1 Å². The van der Waals surface area contributed by atoms with Crippen LogP contribution in [0.3, 0.4) is 0 Å². The molecule has 0 unspecified atom stereocenters. The van der Waals surface area contributed by atoms with Crippen molar-refractivity contribution >= 4 is 22.3 Å². The normalized spacial score (nSPS) is 10.4. The average Bonchev–Trinajstić information content (AvgIpc) is 2.87. The van der Waals surface area contributed by atoms with E-state index in [-0.39, 0.29) is 5.69 Å². The Morgan fingerprint density at radius 3 is 3.12 bits per heavy atom. The van der Waals surface area contributed by atoms with Gasteiger partial charge in [0.1, 0.15) is 5.00 Å². The van der Waals surface area contributed by atoms with Gasteiger partial charge in [-0.05, 0) is 0 Å². The van der Waals surface area contributed by atoms with Gasteiger partial charge < -0.3 is 14.9 Å². The van der Waals surface area contributed by atoms with Crippen LogP contribution in [0.1, 0.15) is 22.2 Å². The van der Waals surface area contributed by atoms with Crippen LogP contribution in [0.5, 0.6) is 0 Å². The van der Waals surface area contributed by atoms with E-state index in [9.17, 15) is 4.79 Å². The zero-order valence-corrected chi connectivity index (χ0v) is 9.82. The van der Waals surface area contributed by atoms with Crippen LogP contribution in [0.25, 0.3) is 0 Å². The SMILES string of the molecule is Cc1nc(CCNc2scnc2C(=O)O)no1. The number of rotatable bonds is 5. The largest absolute Gasteiger partial charge is 0.476 e. The quantitative estimate of drug-likeness (QED) is 0.826. The van der Waals surface area contributed by atoms with Gasteiger partial charge in [-0.2, -0.15) is 4.98 Å². The molecule has 0 fully saturated rings. The number of nitrogens with zero attached hydrogens (tertiary/aromatic N) is 3. The van der Waals surface area contributed by atoms with Crippen molar-refractivity contribution in [2.75, 3.05) is 11.9 Å². The monoisotopic (exact) mass is 254 g/mol. The number of aryl methyl sites for hydroxylation is 1. The molecule has 0 amide bonds. The molecule has 8 heteroatoms. The summed E-state index contributed by atoms with van der Waals surface area (Å²) in [4.78, 5) is 18.6. The van der Waals surface area contributed by atoms with Crippen LogP contribution in [0, 0.1) is 6.92 Å². The lowest BCUT2D eigenvalue weighted by Crippen LogP contribution is -2.08. The molecule has 0 spiro atoms. The molecule has 2 rings (SSSR count). The third-order valence-electron chi connectivity index (χ3n) is 1.97. The Labute approximate surface area is 100 Å². The van der Waals surface area contributed by atoms with E-state index in [0.717, 1.165) is 0 Å². The highest BCUT2D eigenvalue weighted by molar-refractivity contribution is 7.14. The van der Waals surface area contributed by atoms with Gasteiger partial charge in [0.2, 0.25) is 5.89 Å². The number of carboxylic acids is 1. The van der Waals surface area contributed by atoms with E-state index in [1.807, 2.05) is 0 Å². The Kier molecular flexibility index (Phi) is 3.33. The standard InChI is InChI=1S/C9H10N4O3S/c1-5-12-6(13-16-5)2-3-10-8-7(9(14)15)11-4-17-8/h4,10H,2-3H2,1H3,(H,14,15). The van der Waals surface area contributed by atoms with Crippen molar-refractivity contribution in [3.8, 4) is 0 Å². The van der Waals surface area contributed by atoms with Crippen LogP contribution < -0.4 is 5.32 Å². The summed E-state index contributed by atoms with van der Waals surface area (Å²) < 4.78 is 4.82. The molecule has 0 aromatic carbocycles. The predicted molar refractivity (Wildman–Crippen MR) is 60.3 cm³/mol. The number of nitrogens with one attached hydrogen (secondary N) is 1. The van der Waals surface area contributed by atoms with Gasteiger partial charge in [0.05, 0.1) is 5.51 Å². The summed E-state index contributed by atoms with van der Waals surface area (Å²) in [6.07, 6.45) is 0.564. The Bertz CT molecular complexity index is 522. The number of thiazole rings is 1. The number of hydrogen-bond acceptors (Lipinski definition) is 7. The Hall–Kier alpha value is -1.96. The molecule has 0 saturated heterocycles. The maximum Gasteiger partial charge on any atom is 0.357 e. The number of hydrogen-bond donors (Lipinski definition) is 2. The van der Waals surface area contributed by atoms with Gasteiger partial charge in [0, 0.05) is 19.9 Å². The zero-order chi connectivity index (χ0) is 12.3. The van der Waals surface area contributed by atoms with Crippen molar-refractivity contribution < 1.29 is 14.4 Å². The lowest BCUT2D eigenvalue weighted by Gasteiger charge is -2.01. The summed E-state index contributed by atoms with van der Waals surface area (Å²) in [5, 5.41) is 16.1. The first-order valence-corrected chi connectivity index (χ1v) is 5.74. The van der Waals surface area contributed by atoms with E-state index in [1.54, 1.807) is 6.92 Å². The summed E-state index contributed by atoms with van der Waals surface area (Å²) in [7, 11) is 0. The molecular weight excluding hydrogens is 244 g/mol. The fourth-order valence-corrected chi connectivity index (χ4v) is 1.96. The molecule has 7 nitrogen and oxygen atoms in total. The first-order valence-electron chi connectivity index (χ1n) is 4.86. The average molecular weight is 254 g/mol. The number of aromatic carboxylic acids is 1. The predicted octanol–water partition coefficient (Wildman–Crippen LogP) is 1.19. The van der Waals surface area contributed by atoms with Crippen LogP contribution in [-0.2, 0) is 6.42 Å². The van der Waals surface area contributed by atoms with Gasteiger partial charge in [-0.25, -0.2) is 9.78 Å². The minimum atomic E-state index is -1.04. The maximum atomic E-state index is 10.8. The summed E-state index contributed by atoms with van der Waals surface area (Å²) in [6, 6.07) is 0. The highest BCUT2D eigenvalue weighted by Gasteiger charge is 2.13. The molecule has 0 radical (unpaired) electrons. The van der Waals surface area contributed by atoms with Crippen LogP contribution in [0.15, 0.2) is 10.0 Å². The summed E-state index contributed by atoms with van der Waals surface area (Å²) in [5.74, 6) is 0.0737. The first kappa shape index (κ1) is 11.5. The van der Waals surface area contributed by atoms with E-state index in [1.165, 1.54) is 16.8 Å². The van der Waals surface area contributed by atoms with Gasteiger partial charge in [-0.1, -0.05) is 5.16 Å². The van der Waals surface area contributed by atoms with E-state index in [2.05, 4.69) is 20.4 Å². The minimum Gasteiger partial charge on any atom is -0.476 e. The second-order valence-electron chi connectivity index (χ2n) is 3.24. The van der Waals surface area contributed by atoms with Gasteiger partial charge in [0.25, 0.3) is 0 Å². The van der Waals surface area contributed by atoms with Crippen molar-refractivity contribution in [3.05, 3.63) is 22.9 Å². The topological polar surface area (TPSA) is 101 Å². The molecule has 0 aliphatic heterocycles. The minimum absolute atomic E-state index is 0.0410. The third kappa shape index (κ3) is 2.78. The molecule has 2 heterocycles. The van der Waals surface area contributed by atoms with E-state index in [0.29, 0.717) is 29.7 Å². The highest BCUT2D eigenvalue weighted by atomic mass is 32.1. The second-order valence-corrected chi connectivity index (χ2v) is 4.10. The van der Waals surface area contributed by atoms with Crippen molar-refractivity contribution in [3.63, 3.8) is 0 Å². The first-order chi connectivity index (χ1) is 8.16. The molecule has 0 aliphatic rings. The van der Waals surface area contributed by atoms with Crippen LogP contribution in [-0.4, -0.2) is 32.7 Å². The van der Waals surface area contributed by atoms with Crippen LogP contribution in [0.2, 0.25) is 0 Å². The van der Waals surface area contributed by atoms with Gasteiger partial charge in [-0.3, -0.25) is 0 Å². The lowest BCUT2D eigenvalue weighted by atomic mass is 10.4. The molecule has 2 N–H and O–H groups in total. The molecule has 90 valence electrons. The Morgan fingerprint density at radius 2 is 2.47 bits per heavy atom. The van der Waals surface area contributed by atoms with E-state index >= 15 is 0 Å². The maximum absolute atomic E-state index is 10.8. The van der Waals surface area contributed by atoms with Crippen molar-refractivity contribution in [1.29, 1.82) is 0 Å². The molecule has 0 aliphatic carbocycles. The number of carboxylic acid groups (broad SMARTS) is 1. The van der Waals surface area contributed by atoms with Crippen molar-refractivity contribution in [2.24, 2.45) is 0 Å². The highest BCUT2D eigenvalue weighted by Crippen LogP contribution is 2.19. The molecule has 2 aromatic heterocycles. The zero-order valence-electron chi connectivity index (χ0n) is 9.01. The summed E-state index contributed by atoms with van der Waals surface area (Å²) >= 11 is 1.25. The molecule has 0 bridgehead atoms. The number of carbonyl (C=O) groups is 1. The van der Waals surface area contributed by atoms with Gasteiger partial charge in [-0.15, -0.1) is 11.3 Å². The summed E-state index contributed by atoms with van der Waals surface area (Å²) in [5.41, 5.74) is 1.53. The van der Waals surface area contributed by atoms with Gasteiger partial charge >= 0.3 is 5.97 Å². The van der Waals surface area contributed by atoms with Crippen LogP contribution in [0.4, 0.5) is 5.00 Å². The molecule has 0 atom stereocenters. The third-order valence-corrected chi connectivity index (χ3v) is 2.76. The molecule has 17 heavy (non-hydrogen) atoms. The molecular formula is C9H10N4O3S. The lowest BCUT2D eigenvalue weighted by molar-refractivity contribution is 0.0692. The van der Waals surface area contributed by atoms with E-state index in [4.69, 9.17) is 9.63 Å². The van der Waals surface area contributed by atoms with Crippen molar-refractivity contribution in [2.45, 2.75) is 13.3 Å². The number of aromatic nitrogens is 3. The molecule has 0 saturated carbocycles. The fraction of sp³-hybridized carbons (Fsp3) is 0.333. The Balaban J connectivity index is 1.90. The fourth-order valence-electron chi connectivity index (χ4n) is 1.25. The summed E-state index contributed by atoms with van der Waals surface area (Å²) in [6.45, 7) is 2.25. The van der Waals surface area contributed by atoms with E-state index < -0.39 is 5.97 Å². The Morgan fingerprint density at radius 1 is 1.65 bits per heavy atom.